The molecule has 10 heteroatoms. The summed E-state index contributed by atoms with van der Waals surface area (Å²) in [6, 6.07) is 5.79. The fourth-order valence-corrected chi connectivity index (χ4v) is 3.97. The summed E-state index contributed by atoms with van der Waals surface area (Å²) >= 11 is 11.7. The van der Waals surface area contributed by atoms with Crippen LogP contribution >= 0.6 is 23.2 Å². The first-order chi connectivity index (χ1) is 12.5. The second-order valence-corrected chi connectivity index (χ2v) is 8.40. The van der Waals surface area contributed by atoms with Crippen LogP contribution in [0.2, 0.25) is 10.0 Å². The summed E-state index contributed by atoms with van der Waals surface area (Å²) in [5.74, 6) is -2.96. The molecule has 0 spiro atoms. The molecule has 0 saturated carbocycles. The van der Waals surface area contributed by atoms with Gasteiger partial charge in [0.25, 0.3) is 10.0 Å². The molecule has 2 aromatic rings. The van der Waals surface area contributed by atoms with Crippen molar-refractivity contribution in [3.8, 4) is 0 Å². The van der Waals surface area contributed by atoms with Gasteiger partial charge in [0.05, 0.1) is 26.7 Å². The maximum atomic E-state index is 14.3. The molecule has 2 aromatic carbocycles. The van der Waals surface area contributed by atoms with Crippen LogP contribution in [0.4, 0.5) is 14.5 Å². The molecule has 5 nitrogen and oxygen atoms in total. The number of rotatable bonds is 6. The number of esters is 1. The number of carbonyl (C=O) groups excluding carboxylic acids is 1. The Labute approximate surface area is 165 Å². The second-order valence-electron chi connectivity index (χ2n) is 5.72. The first-order valence-corrected chi connectivity index (χ1v) is 9.84. The van der Waals surface area contributed by atoms with E-state index in [2.05, 4.69) is 0 Å². The lowest BCUT2D eigenvalue weighted by Gasteiger charge is -2.24. The predicted octanol–water partition coefficient (Wildman–Crippen LogP) is 4.42. The molecule has 0 bridgehead atoms. The van der Waals surface area contributed by atoms with Crippen molar-refractivity contribution in [1.29, 1.82) is 0 Å². The molecule has 0 aliphatic rings. The highest BCUT2D eigenvalue weighted by Gasteiger charge is 2.30. The van der Waals surface area contributed by atoms with E-state index in [9.17, 15) is 22.0 Å². The van der Waals surface area contributed by atoms with Crippen LogP contribution in [0.15, 0.2) is 41.3 Å². The van der Waals surface area contributed by atoms with Gasteiger partial charge >= 0.3 is 5.97 Å². The minimum Gasteiger partial charge on any atom is -0.462 e. The van der Waals surface area contributed by atoms with Gasteiger partial charge in [0.2, 0.25) is 0 Å². The van der Waals surface area contributed by atoms with E-state index in [1.54, 1.807) is 13.8 Å². The largest absolute Gasteiger partial charge is 0.462 e. The van der Waals surface area contributed by atoms with Crippen LogP contribution in [-0.4, -0.2) is 27.0 Å². The van der Waals surface area contributed by atoms with Gasteiger partial charge in [-0.3, -0.25) is 9.10 Å². The number of ether oxygens (including phenoxy) is 1. The summed E-state index contributed by atoms with van der Waals surface area (Å²) in [5.41, 5.74) is -0.511. The van der Waals surface area contributed by atoms with Crippen molar-refractivity contribution >= 4 is 44.9 Å². The fourth-order valence-electron chi connectivity index (χ4n) is 2.17. The van der Waals surface area contributed by atoms with E-state index in [0.717, 1.165) is 24.3 Å². The summed E-state index contributed by atoms with van der Waals surface area (Å²) < 4.78 is 59.0. The van der Waals surface area contributed by atoms with E-state index in [0.29, 0.717) is 10.4 Å². The number of hydrogen-bond acceptors (Lipinski definition) is 4. The van der Waals surface area contributed by atoms with E-state index in [4.69, 9.17) is 27.9 Å². The molecule has 0 aromatic heterocycles. The van der Waals surface area contributed by atoms with Gasteiger partial charge in [-0.15, -0.1) is 0 Å². The standard InChI is InChI=1S/C17H15Cl2F2NO4S/c1-10(2)26-17(23)9-22(16-6-3-11(20)7-15(16)21)27(24,25)12-4-5-13(18)14(19)8-12/h3-8,10H,9H2,1-2H3. The normalized spacial score (nSPS) is 11.5. The van der Waals surface area contributed by atoms with Crippen LogP contribution in [0, 0.1) is 11.6 Å². The van der Waals surface area contributed by atoms with Gasteiger partial charge in [-0.1, -0.05) is 23.2 Å². The van der Waals surface area contributed by atoms with Crippen molar-refractivity contribution in [3.63, 3.8) is 0 Å². The highest BCUT2D eigenvalue weighted by Crippen LogP contribution is 2.30. The smallest absolute Gasteiger partial charge is 0.327 e. The molecule has 2 rings (SSSR count). The molecule has 0 N–H and O–H groups in total. The van der Waals surface area contributed by atoms with Crippen LogP contribution in [0.25, 0.3) is 0 Å². The molecule has 0 fully saturated rings. The molecule has 0 unspecified atom stereocenters. The third-order valence-electron chi connectivity index (χ3n) is 3.30. The molecule has 27 heavy (non-hydrogen) atoms. The third-order valence-corrected chi connectivity index (χ3v) is 5.79. The Hall–Kier alpha value is -1.90. The Kier molecular flexibility index (Phi) is 6.67. The predicted molar refractivity (Wildman–Crippen MR) is 98.6 cm³/mol. The Bertz CT molecular complexity index is 967. The van der Waals surface area contributed by atoms with E-state index in [1.807, 2.05) is 0 Å². The molecule has 0 atom stereocenters. The molecule has 0 saturated heterocycles. The molecule has 146 valence electrons. The van der Waals surface area contributed by atoms with Crippen molar-refractivity contribution < 1.29 is 26.7 Å². The summed E-state index contributed by atoms with van der Waals surface area (Å²) in [6.45, 7) is 2.34. The van der Waals surface area contributed by atoms with Gasteiger partial charge < -0.3 is 4.74 Å². The van der Waals surface area contributed by atoms with E-state index in [1.165, 1.54) is 6.07 Å². The number of sulfonamides is 1. The lowest BCUT2D eigenvalue weighted by atomic mass is 10.3. The average molecular weight is 438 g/mol. The Morgan fingerprint density at radius 3 is 2.33 bits per heavy atom. The van der Waals surface area contributed by atoms with Crippen LogP contribution in [0.3, 0.4) is 0 Å². The summed E-state index contributed by atoms with van der Waals surface area (Å²) in [6.07, 6.45) is -0.509. The number of nitrogens with zero attached hydrogens (tertiary/aromatic N) is 1. The number of halogens is 4. The van der Waals surface area contributed by atoms with Crippen LogP contribution in [0.5, 0.6) is 0 Å². The monoisotopic (exact) mass is 437 g/mol. The quantitative estimate of drug-likeness (QED) is 0.627. The van der Waals surface area contributed by atoms with Crippen molar-refractivity contribution in [2.45, 2.75) is 24.8 Å². The number of benzene rings is 2. The van der Waals surface area contributed by atoms with Gasteiger partial charge in [0, 0.05) is 6.07 Å². The topological polar surface area (TPSA) is 63.7 Å². The van der Waals surface area contributed by atoms with Crippen LogP contribution in [0.1, 0.15) is 13.8 Å². The summed E-state index contributed by atoms with van der Waals surface area (Å²) in [5, 5.41) is 0.0800. The average Bonchev–Trinajstić information content (AvgIpc) is 2.55. The number of hydrogen-bond donors (Lipinski definition) is 0. The summed E-state index contributed by atoms with van der Waals surface area (Å²) in [7, 11) is -4.43. The Morgan fingerprint density at radius 2 is 1.78 bits per heavy atom. The second kappa shape index (κ2) is 8.41. The molecular weight excluding hydrogens is 423 g/mol. The highest BCUT2D eigenvalue weighted by atomic mass is 35.5. The minimum absolute atomic E-state index is 0.0398. The highest BCUT2D eigenvalue weighted by molar-refractivity contribution is 7.92. The van der Waals surface area contributed by atoms with Gasteiger partial charge in [-0.25, -0.2) is 17.2 Å². The SMILES string of the molecule is CC(C)OC(=O)CN(c1ccc(F)cc1F)S(=O)(=O)c1ccc(Cl)c(Cl)c1. The number of carbonyl (C=O) groups is 1. The maximum absolute atomic E-state index is 14.3. The van der Waals surface area contributed by atoms with Crippen molar-refractivity contribution in [2.24, 2.45) is 0 Å². The van der Waals surface area contributed by atoms with E-state index >= 15 is 0 Å². The fraction of sp³-hybridized carbons (Fsp3) is 0.235. The van der Waals surface area contributed by atoms with Gasteiger partial charge in [0.1, 0.15) is 18.2 Å². The lowest BCUT2D eigenvalue weighted by Crippen LogP contribution is -2.37. The number of anilines is 1. The Balaban J connectivity index is 2.56. The van der Waals surface area contributed by atoms with Gasteiger partial charge in [-0.05, 0) is 44.2 Å². The molecule has 0 radical (unpaired) electrons. The van der Waals surface area contributed by atoms with E-state index in [-0.39, 0.29) is 14.9 Å². The van der Waals surface area contributed by atoms with Crippen LogP contribution in [-0.2, 0) is 19.6 Å². The zero-order valence-corrected chi connectivity index (χ0v) is 16.6. The Morgan fingerprint density at radius 1 is 1.11 bits per heavy atom. The maximum Gasteiger partial charge on any atom is 0.327 e. The zero-order chi connectivity index (χ0) is 20.4. The van der Waals surface area contributed by atoms with Crippen molar-refractivity contribution in [2.75, 3.05) is 10.8 Å². The first kappa shape index (κ1) is 21.4. The molecule has 0 amide bonds. The van der Waals surface area contributed by atoms with E-state index < -0.39 is 46.0 Å². The van der Waals surface area contributed by atoms with Crippen molar-refractivity contribution in [3.05, 3.63) is 58.1 Å². The summed E-state index contributed by atoms with van der Waals surface area (Å²) in [4.78, 5) is 11.7. The minimum atomic E-state index is -4.43. The molecule has 0 aliphatic carbocycles. The van der Waals surface area contributed by atoms with Crippen molar-refractivity contribution in [1.82, 2.24) is 0 Å². The third kappa shape index (κ3) is 5.09. The molecular formula is C17H15Cl2F2NO4S. The molecule has 0 aliphatic heterocycles. The van der Waals surface area contributed by atoms with Gasteiger partial charge in [-0.2, -0.15) is 0 Å². The first-order valence-electron chi connectivity index (χ1n) is 7.64. The van der Waals surface area contributed by atoms with Gasteiger partial charge in [0.15, 0.2) is 0 Å². The van der Waals surface area contributed by atoms with Crippen LogP contribution < -0.4 is 4.31 Å². The lowest BCUT2D eigenvalue weighted by molar-refractivity contribution is -0.145. The zero-order valence-electron chi connectivity index (χ0n) is 14.2. The molecule has 0 heterocycles.